The summed E-state index contributed by atoms with van der Waals surface area (Å²) >= 11 is 6.33. The van der Waals surface area contributed by atoms with E-state index in [0.29, 0.717) is 13.1 Å². The molecule has 0 spiro atoms. The lowest BCUT2D eigenvalue weighted by Crippen LogP contribution is -2.48. The molecule has 6 heteroatoms. The maximum absolute atomic E-state index is 11.1. The van der Waals surface area contributed by atoms with Crippen LogP contribution >= 0.6 is 11.6 Å². The Morgan fingerprint density at radius 3 is 2.39 bits per heavy atom. The third kappa shape index (κ3) is 4.10. The highest BCUT2D eigenvalue weighted by Crippen LogP contribution is 2.37. The van der Waals surface area contributed by atoms with Crippen molar-refractivity contribution in [2.24, 2.45) is 0 Å². The molecule has 1 amide bonds. The van der Waals surface area contributed by atoms with Gasteiger partial charge in [0.15, 0.2) is 0 Å². The topological polar surface area (TPSA) is 47.0 Å². The first-order valence-corrected chi connectivity index (χ1v) is 10.3. The van der Waals surface area contributed by atoms with Gasteiger partial charge in [0, 0.05) is 49.1 Å². The van der Waals surface area contributed by atoms with E-state index in [4.69, 9.17) is 16.7 Å². The molecular weight excluding hydrogens is 374 g/mol. The van der Waals surface area contributed by atoms with Crippen molar-refractivity contribution in [2.75, 3.05) is 44.2 Å². The highest BCUT2D eigenvalue weighted by Gasteiger charge is 2.22. The Morgan fingerprint density at radius 1 is 0.929 bits per heavy atom. The number of amides is 1. The largest absolute Gasteiger partial charge is 0.465 e. The van der Waals surface area contributed by atoms with E-state index in [-0.39, 0.29) is 0 Å². The van der Waals surface area contributed by atoms with Gasteiger partial charge in [0.05, 0.1) is 0 Å². The van der Waals surface area contributed by atoms with Gasteiger partial charge in [0.2, 0.25) is 0 Å². The van der Waals surface area contributed by atoms with Crippen LogP contribution in [-0.2, 0) is 12.8 Å². The summed E-state index contributed by atoms with van der Waals surface area (Å²) in [5.74, 6) is 0. The van der Waals surface area contributed by atoms with Crippen molar-refractivity contribution in [3.8, 4) is 0 Å². The van der Waals surface area contributed by atoms with Crippen LogP contribution in [0.1, 0.15) is 17.5 Å². The number of carboxylic acid groups (broad SMARTS) is 1. The smallest absolute Gasteiger partial charge is 0.407 e. The zero-order chi connectivity index (χ0) is 19.5. The van der Waals surface area contributed by atoms with E-state index in [0.717, 1.165) is 50.5 Å². The first-order chi connectivity index (χ1) is 13.6. The van der Waals surface area contributed by atoms with Gasteiger partial charge in [0.1, 0.15) is 0 Å². The Balaban J connectivity index is 1.46. The lowest BCUT2D eigenvalue weighted by atomic mass is 10.0. The van der Waals surface area contributed by atoms with E-state index in [1.54, 1.807) is 0 Å². The number of fused-ring (bicyclic) bond motifs is 2. The molecule has 0 unspecified atom stereocenters. The number of para-hydroxylation sites is 1. The van der Waals surface area contributed by atoms with E-state index in [2.05, 4.69) is 46.2 Å². The fourth-order valence-corrected chi connectivity index (χ4v) is 4.41. The van der Waals surface area contributed by atoms with Crippen LogP contribution in [0.4, 0.5) is 16.2 Å². The minimum atomic E-state index is -0.811. The molecule has 2 aliphatic rings. The molecule has 148 valence electrons. The van der Waals surface area contributed by atoms with Gasteiger partial charge in [-0.05, 0) is 55.1 Å². The summed E-state index contributed by atoms with van der Waals surface area (Å²) in [6, 6.07) is 14.9. The fourth-order valence-electron chi connectivity index (χ4n) is 4.24. The standard InChI is InChI=1S/C22H26ClN3O2/c23-19-9-8-18-7-6-17-4-1-2-5-20(17)26(21(18)16-19)11-3-10-24-12-14-25(15-13-24)22(27)28/h1-2,4-5,8-9,16H,3,6-7,10-15H2,(H,27,28). The van der Waals surface area contributed by atoms with Gasteiger partial charge in [0.25, 0.3) is 0 Å². The van der Waals surface area contributed by atoms with Crippen LogP contribution in [0.2, 0.25) is 5.02 Å². The summed E-state index contributed by atoms with van der Waals surface area (Å²) in [6.07, 6.45) is 2.28. The Morgan fingerprint density at radius 2 is 1.64 bits per heavy atom. The second-order valence-electron chi connectivity index (χ2n) is 7.52. The molecule has 4 rings (SSSR count). The molecule has 1 saturated heterocycles. The van der Waals surface area contributed by atoms with E-state index in [1.165, 1.54) is 27.4 Å². The van der Waals surface area contributed by atoms with Gasteiger partial charge < -0.3 is 14.9 Å². The van der Waals surface area contributed by atoms with Crippen molar-refractivity contribution in [1.29, 1.82) is 0 Å². The van der Waals surface area contributed by atoms with E-state index in [1.807, 2.05) is 6.07 Å². The Hall–Kier alpha value is -2.24. The molecule has 0 bridgehead atoms. The maximum atomic E-state index is 11.1. The van der Waals surface area contributed by atoms with Crippen molar-refractivity contribution < 1.29 is 9.90 Å². The van der Waals surface area contributed by atoms with Crippen LogP contribution in [0.3, 0.4) is 0 Å². The Kier molecular flexibility index (Phi) is 5.74. The Bertz CT molecular complexity index is 849. The third-order valence-corrected chi connectivity index (χ3v) is 6.02. The molecule has 1 N–H and O–H groups in total. The van der Waals surface area contributed by atoms with Gasteiger partial charge in [-0.2, -0.15) is 0 Å². The molecule has 2 aliphatic heterocycles. The second-order valence-corrected chi connectivity index (χ2v) is 7.95. The zero-order valence-corrected chi connectivity index (χ0v) is 16.7. The minimum Gasteiger partial charge on any atom is -0.465 e. The monoisotopic (exact) mass is 399 g/mol. The number of carbonyl (C=O) groups is 1. The molecule has 2 heterocycles. The fraction of sp³-hybridized carbons (Fsp3) is 0.409. The summed E-state index contributed by atoms with van der Waals surface area (Å²) in [5.41, 5.74) is 5.22. The number of hydrogen-bond donors (Lipinski definition) is 1. The number of halogens is 1. The molecule has 5 nitrogen and oxygen atoms in total. The second kappa shape index (κ2) is 8.41. The summed E-state index contributed by atoms with van der Waals surface area (Å²) in [5, 5.41) is 9.87. The van der Waals surface area contributed by atoms with E-state index in [9.17, 15) is 4.79 Å². The lowest BCUT2D eigenvalue weighted by molar-refractivity contribution is 0.105. The number of anilines is 2. The number of nitrogens with zero attached hydrogens (tertiary/aromatic N) is 3. The predicted octanol–water partition coefficient (Wildman–Crippen LogP) is 4.26. The molecule has 28 heavy (non-hydrogen) atoms. The quantitative estimate of drug-likeness (QED) is 0.834. The van der Waals surface area contributed by atoms with E-state index >= 15 is 0 Å². The minimum absolute atomic E-state index is 0.598. The van der Waals surface area contributed by atoms with Crippen molar-refractivity contribution in [1.82, 2.24) is 9.80 Å². The van der Waals surface area contributed by atoms with Gasteiger partial charge in [-0.25, -0.2) is 4.79 Å². The molecule has 2 aromatic rings. The van der Waals surface area contributed by atoms with Crippen molar-refractivity contribution >= 4 is 29.1 Å². The molecule has 1 fully saturated rings. The average Bonchev–Trinajstić information content (AvgIpc) is 2.85. The van der Waals surface area contributed by atoms with Gasteiger partial charge in [-0.3, -0.25) is 4.90 Å². The molecule has 0 aromatic heterocycles. The van der Waals surface area contributed by atoms with Crippen molar-refractivity contribution in [2.45, 2.75) is 19.3 Å². The molecule has 0 radical (unpaired) electrons. The predicted molar refractivity (Wildman–Crippen MR) is 113 cm³/mol. The van der Waals surface area contributed by atoms with Crippen LogP contribution in [0.25, 0.3) is 0 Å². The number of benzene rings is 2. The third-order valence-electron chi connectivity index (χ3n) is 5.78. The van der Waals surface area contributed by atoms with Crippen LogP contribution in [0.5, 0.6) is 0 Å². The van der Waals surface area contributed by atoms with Crippen LogP contribution in [0.15, 0.2) is 42.5 Å². The first-order valence-electron chi connectivity index (χ1n) is 9.96. The highest BCUT2D eigenvalue weighted by atomic mass is 35.5. The van der Waals surface area contributed by atoms with Crippen molar-refractivity contribution in [3.05, 3.63) is 58.6 Å². The van der Waals surface area contributed by atoms with E-state index < -0.39 is 6.09 Å². The lowest BCUT2D eigenvalue weighted by Gasteiger charge is -2.34. The van der Waals surface area contributed by atoms with Gasteiger partial charge in [-0.1, -0.05) is 35.9 Å². The number of piperazine rings is 1. The normalized spacial score (nSPS) is 17.0. The summed E-state index contributed by atoms with van der Waals surface area (Å²) in [4.78, 5) is 17.3. The maximum Gasteiger partial charge on any atom is 0.407 e. The van der Waals surface area contributed by atoms with Crippen LogP contribution < -0.4 is 4.90 Å². The molecule has 2 aromatic carbocycles. The van der Waals surface area contributed by atoms with Crippen molar-refractivity contribution in [3.63, 3.8) is 0 Å². The van der Waals surface area contributed by atoms with Gasteiger partial charge in [-0.15, -0.1) is 0 Å². The first kappa shape index (κ1) is 19.1. The molecule has 0 saturated carbocycles. The molecule has 0 atom stereocenters. The summed E-state index contributed by atoms with van der Waals surface area (Å²) < 4.78 is 0. The number of rotatable bonds is 4. The zero-order valence-electron chi connectivity index (χ0n) is 16.0. The SMILES string of the molecule is O=C(O)N1CCN(CCCN2c3ccccc3CCc3ccc(Cl)cc32)CC1. The summed E-state index contributed by atoms with van der Waals surface area (Å²) in [6.45, 7) is 4.71. The van der Waals surface area contributed by atoms with Gasteiger partial charge >= 0.3 is 6.09 Å². The van der Waals surface area contributed by atoms with Crippen LogP contribution in [-0.4, -0.2) is 60.3 Å². The summed E-state index contributed by atoms with van der Waals surface area (Å²) in [7, 11) is 0. The number of aryl methyl sites for hydroxylation is 2. The molecule has 0 aliphatic carbocycles. The van der Waals surface area contributed by atoms with Crippen LogP contribution in [0, 0.1) is 0 Å². The number of hydrogen-bond acceptors (Lipinski definition) is 3. The molecular formula is C22H26ClN3O2. The average molecular weight is 400 g/mol. The highest BCUT2D eigenvalue weighted by molar-refractivity contribution is 6.30. The Labute approximate surface area is 171 Å².